The molecule has 0 aliphatic rings. The van der Waals surface area contributed by atoms with Crippen LogP contribution in [0.5, 0.6) is 11.5 Å². The molecule has 126 valence electrons. The van der Waals surface area contributed by atoms with E-state index in [1.165, 1.54) is 0 Å². The maximum atomic E-state index is 10.4. The zero-order valence-corrected chi connectivity index (χ0v) is 14.0. The van der Waals surface area contributed by atoms with Gasteiger partial charge in [-0.05, 0) is 36.4 Å². The third-order valence-electron chi connectivity index (χ3n) is 3.94. The lowest BCUT2D eigenvalue weighted by Gasteiger charge is -2.15. The Morgan fingerprint density at radius 2 is 1.79 bits per heavy atom. The molecule has 24 heavy (non-hydrogen) atoms. The summed E-state index contributed by atoms with van der Waals surface area (Å²) in [6, 6.07) is 15.3. The molecule has 0 fully saturated rings. The second-order valence-corrected chi connectivity index (χ2v) is 5.62. The van der Waals surface area contributed by atoms with E-state index in [4.69, 9.17) is 9.47 Å². The average molecular weight is 326 g/mol. The molecule has 0 aliphatic heterocycles. The first-order valence-corrected chi connectivity index (χ1v) is 8.10. The van der Waals surface area contributed by atoms with Crippen LogP contribution >= 0.6 is 0 Å². The molecular weight excluding hydrogens is 304 g/mol. The van der Waals surface area contributed by atoms with Crippen LogP contribution in [0.3, 0.4) is 0 Å². The molecule has 3 rings (SSSR count). The maximum Gasteiger partial charge on any atom is 0.119 e. The molecule has 5 heteroatoms. The molecule has 1 aromatic heterocycles. The highest BCUT2D eigenvalue weighted by Crippen LogP contribution is 2.19. The number of aryl methyl sites for hydroxylation is 1. The Morgan fingerprint density at radius 3 is 2.50 bits per heavy atom. The van der Waals surface area contributed by atoms with Crippen molar-refractivity contribution in [2.75, 3.05) is 13.7 Å². The van der Waals surface area contributed by atoms with Gasteiger partial charge in [-0.25, -0.2) is 4.98 Å². The van der Waals surface area contributed by atoms with E-state index in [-0.39, 0.29) is 6.61 Å². The van der Waals surface area contributed by atoms with Crippen molar-refractivity contribution in [3.8, 4) is 11.5 Å². The van der Waals surface area contributed by atoms with Gasteiger partial charge >= 0.3 is 0 Å². The van der Waals surface area contributed by atoms with E-state index in [0.717, 1.165) is 29.0 Å². The van der Waals surface area contributed by atoms with E-state index >= 15 is 0 Å². The third-order valence-corrected chi connectivity index (χ3v) is 3.94. The van der Waals surface area contributed by atoms with E-state index in [2.05, 4.69) is 16.5 Å². The number of aromatic nitrogens is 2. The first kappa shape index (κ1) is 16.3. The summed E-state index contributed by atoms with van der Waals surface area (Å²) < 4.78 is 12.8. The number of methoxy groups -OCH3 is 1. The zero-order chi connectivity index (χ0) is 16.9. The van der Waals surface area contributed by atoms with Gasteiger partial charge in [0.15, 0.2) is 0 Å². The van der Waals surface area contributed by atoms with E-state index in [1.54, 1.807) is 7.11 Å². The quantitative estimate of drug-likeness (QED) is 0.725. The maximum absolute atomic E-state index is 10.4. The summed E-state index contributed by atoms with van der Waals surface area (Å²) in [5, 5.41) is 10.4. The number of nitrogens with zero attached hydrogens (tertiary/aromatic N) is 2. The number of benzene rings is 2. The van der Waals surface area contributed by atoms with E-state index in [0.29, 0.717) is 12.3 Å². The van der Waals surface area contributed by atoms with Gasteiger partial charge in [-0.15, -0.1) is 0 Å². The molecule has 0 saturated heterocycles. The summed E-state index contributed by atoms with van der Waals surface area (Å²) in [6.07, 6.45) is 0.204. The normalized spacial score (nSPS) is 12.3. The lowest BCUT2D eigenvalue weighted by atomic mass is 10.3. The first-order valence-electron chi connectivity index (χ1n) is 8.10. The molecule has 0 amide bonds. The number of imidazole rings is 1. The fourth-order valence-corrected chi connectivity index (χ4v) is 2.73. The molecule has 1 N–H and O–H groups in total. The highest BCUT2D eigenvalue weighted by molar-refractivity contribution is 5.75. The monoisotopic (exact) mass is 326 g/mol. The van der Waals surface area contributed by atoms with Crippen molar-refractivity contribution in [3.05, 3.63) is 54.4 Å². The van der Waals surface area contributed by atoms with Crippen LogP contribution in [0.1, 0.15) is 12.7 Å². The Labute approximate surface area is 141 Å². The fourth-order valence-electron chi connectivity index (χ4n) is 2.73. The van der Waals surface area contributed by atoms with E-state index < -0.39 is 6.10 Å². The number of fused-ring (bicyclic) bond motifs is 1. The number of para-hydroxylation sites is 2. The van der Waals surface area contributed by atoms with Crippen molar-refractivity contribution in [1.82, 2.24) is 9.55 Å². The van der Waals surface area contributed by atoms with Gasteiger partial charge in [0, 0.05) is 6.42 Å². The van der Waals surface area contributed by atoms with Gasteiger partial charge in [0.05, 0.1) is 24.7 Å². The van der Waals surface area contributed by atoms with Crippen molar-refractivity contribution in [2.24, 2.45) is 0 Å². The first-order chi connectivity index (χ1) is 11.7. The van der Waals surface area contributed by atoms with Gasteiger partial charge in [0.2, 0.25) is 0 Å². The summed E-state index contributed by atoms with van der Waals surface area (Å²) >= 11 is 0. The smallest absolute Gasteiger partial charge is 0.119 e. The van der Waals surface area contributed by atoms with Crippen LogP contribution < -0.4 is 9.47 Å². The topological polar surface area (TPSA) is 56.5 Å². The Balaban J connectivity index is 1.67. The van der Waals surface area contributed by atoms with Gasteiger partial charge in [-0.2, -0.15) is 0 Å². The molecule has 1 atom stereocenters. The van der Waals surface area contributed by atoms with Gasteiger partial charge in [0.25, 0.3) is 0 Å². The van der Waals surface area contributed by atoms with Gasteiger partial charge in [-0.1, -0.05) is 19.1 Å². The summed E-state index contributed by atoms with van der Waals surface area (Å²) in [4.78, 5) is 4.62. The molecule has 3 aromatic rings. The molecule has 0 spiro atoms. The number of aliphatic hydroxyl groups excluding tert-OH is 1. The molecule has 0 saturated carbocycles. The summed E-state index contributed by atoms with van der Waals surface area (Å²) in [5.74, 6) is 2.46. The van der Waals surface area contributed by atoms with Crippen molar-refractivity contribution in [1.29, 1.82) is 0 Å². The average Bonchev–Trinajstić information content (AvgIpc) is 2.98. The van der Waals surface area contributed by atoms with Crippen LogP contribution in [0.2, 0.25) is 0 Å². The lowest BCUT2D eigenvalue weighted by molar-refractivity contribution is 0.0927. The predicted molar refractivity (Wildman–Crippen MR) is 93.6 cm³/mol. The Hall–Kier alpha value is -2.53. The molecule has 0 unspecified atom stereocenters. The van der Waals surface area contributed by atoms with Crippen molar-refractivity contribution >= 4 is 11.0 Å². The fraction of sp³-hybridized carbons (Fsp3) is 0.316. The van der Waals surface area contributed by atoms with Gasteiger partial charge in [-0.3, -0.25) is 0 Å². The molecule has 2 aromatic carbocycles. The van der Waals surface area contributed by atoms with Gasteiger partial charge in [0.1, 0.15) is 30.0 Å². The van der Waals surface area contributed by atoms with Crippen LogP contribution in [0.4, 0.5) is 0 Å². The van der Waals surface area contributed by atoms with Crippen LogP contribution in [0.25, 0.3) is 11.0 Å². The summed E-state index contributed by atoms with van der Waals surface area (Å²) in [5.41, 5.74) is 2.00. The summed E-state index contributed by atoms with van der Waals surface area (Å²) in [6.45, 7) is 2.75. The largest absolute Gasteiger partial charge is 0.497 e. The van der Waals surface area contributed by atoms with E-state index in [9.17, 15) is 5.11 Å². The lowest BCUT2D eigenvalue weighted by Crippen LogP contribution is -2.24. The number of ether oxygens (including phenoxy) is 2. The third kappa shape index (κ3) is 3.51. The predicted octanol–water partition coefficient (Wildman–Crippen LogP) is 3.05. The SMILES string of the molecule is CCc1nc2ccccc2n1C[C@@H](O)COc1ccc(OC)cc1. The molecule has 0 radical (unpaired) electrons. The van der Waals surface area contributed by atoms with Crippen LogP contribution in [-0.2, 0) is 13.0 Å². The second-order valence-electron chi connectivity index (χ2n) is 5.62. The number of rotatable bonds is 7. The van der Waals surface area contributed by atoms with Crippen molar-refractivity contribution in [3.63, 3.8) is 0 Å². The zero-order valence-electron chi connectivity index (χ0n) is 14.0. The number of hydrogen-bond donors (Lipinski definition) is 1. The van der Waals surface area contributed by atoms with Crippen LogP contribution in [-0.4, -0.2) is 34.5 Å². The summed E-state index contributed by atoms with van der Waals surface area (Å²) in [7, 11) is 1.63. The van der Waals surface area contributed by atoms with E-state index in [1.807, 2.05) is 48.5 Å². The number of hydrogen-bond acceptors (Lipinski definition) is 4. The Morgan fingerprint density at radius 1 is 1.08 bits per heavy atom. The minimum atomic E-state index is -0.616. The minimum absolute atomic E-state index is 0.224. The van der Waals surface area contributed by atoms with Gasteiger partial charge < -0.3 is 19.1 Å². The molecule has 5 nitrogen and oxygen atoms in total. The molecule has 1 heterocycles. The highest BCUT2D eigenvalue weighted by Gasteiger charge is 2.13. The van der Waals surface area contributed by atoms with Crippen LogP contribution in [0.15, 0.2) is 48.5 Å². The van der Waals surface area contributed by atoms with Crippen LogP contribution in [0, 0.1) is 0 Å². The minimum Gasteiger partial charge on any atom is -0.497 e. The van der Waals surface area contributed by atoms with Crippen molar-refractivity contribution in [2.45, 2.75) is 26.0 Å². The molecule has 0 bridgehead atoms. The van der Waals surface area contributed by atoms with Crippen molar-refractivity contribution < 1.29 is 14.6 Å². The Bertz CT molecular complexity index is 796. The highest BCUT2D eigenvalue weighted by atomic mass is 16.5. The number of aliphatic hydroxyl groups is 1. The standard InChI is InChI=1S/C19H22N2O3/c1-3-19-20-17-6-4-5-7-18(17)21(19)12-14(22)13-24-16-10-8-15(23-2)9-11-16/h4-11,14,22H,3,12-13H2,1-2H3/t14-/m1/s1. The Kier molecular flexibility index (Phi) is 5.01. The second kappa shape index (κ2) is 7.36. The molecular formula is C19H22N2O3. The molecule has 0 aliphatic carbocycles.